The normalized spacial score (nSPS) is 10.4. The van der Waals surface area contributed by atoms with Crippen LogP contribution < -0.4 is 9.47 Å². The Morgan fingerprint density at radius 3 is 2.61 bits per heavy atom. The van der Waals surface area contributed by atoms with Crippen LogP contribution in [0.25, 0.3) is 0 Å². The quantitative estimate of drug-likeness (QED) is 0.696. The summed E-state index contributed by atoms with van der Waals surface area (Å²) in [5.41, 5.74) is 0.794. The summed E-state index contributed by atoms with van der Waals surface area (Å²) in [5, 5.41) is 0. The maximum absolute atomic E-state index is 11.9. The standard InChI is InChI=1S/C17H20O6/c1-4-21-14-7-5-12(9-16(14)20-3)10-22-17(18)15-8-6-13(23-15)11-19-2/h5-9H,4,10-11H2,1-3H3. The molecule has 124 valence electrons. The Labute approximate surface area is 134 Å². The van der Waals surface area contributed by atoms with Crippen LogP contribution in [0.4, 0.5) is 0 Å². The van der Waals surface area contributed by atoms with Crippen molar-refractivity contribution in [1.29, 1.82) is 0 Å². The molecule has 0 radical (unpaired) electrons. The molecule has 23 heavy (non-hydrogen) atoms. The summed E-state index contributed by atoms with van der Waals surface area (Å²) in [6, 6.07) is 8.63. The number of hydrogen-bond acceptors (Lipinski definition) is 6. The van der Waals surface area contributed by atoms with Crippen molar-refractivity contribution in [3.8, 4) is 11.5 Å². The number of carbonyl (C=O) groups is 1. The molecule has 6 heteroatoms. The van der Waals surface area contributed by atoms with Gasteiger partial charge in [0.1, 0.15) is 19.0 Å². The summed E-state index contributed by atoms with van der Waals surface area (Å²) in [6.07, 6.45) is 0. The first-order chi connectivity index (χ1) is 11.2. The first-order valence-electron chi connectivity index (χ1n) is 7.22. The van der Waals surface area contributed by atoms with E-state index in [0.29, 0.717) is 30.5 Å². The molecule has 0 saturated carbocycles. The molecule has 1 aromatic heterocycles. The first kappa shape index (κ1) is 16.9. The lowest BCUT2D eigenvalue weighted by Gasteiger charge is -2.11. The number of hydrogen-bond donors (Lipinski definition) is 0. The molecule has 0 aliphatic heterocycles. The average Bonchev–Trinajstić information content (AvgIpc) is 3.03. The third kappa shape index (κ3) is 4.50. The van der Waals surface area contributed by atoms with Crippen LogP contribution in [0.5, 0.6) is 11.5 Å². The van der Waals surface area contributed by atoms with Crippen molar-refractivity contribution in [2.24, 2.45) is 0 Å². The van der Waals surface area contributed by atoms with E-state index in [0.717, 1.165) is 5.56 Å². The lowest BCUT2D eigenvalue weighted by Crippen LogP contribution is -2.04. The highest BCUT2D eigenvalue weighted by molar-refractivity contribution is 5.86. The number of carbonyl (C=O) groups excluding carboxylic acids is 1. The molecule has 2 aromatic rings. The van der Waals surface area contributed by atoms with Crippen LogP contribution in [-0.4, -0.2) is 26.8 Å². The molecular formula is C17H20O6. The Balaban J connectivity index is 1.97. The molecule has 0 amide bonds. The van der Waals surface area contributed by atoms with Gasteiger partial charge in [0.25, 0.3) is 0 Å². The highest BCUT2D eigenvalue weighted by Crippen LogP contribution is 2.28. The highest BCUT2D eigenvalue weighted by Gasteiger charge is 2.13. The molecule has 0 atom stereocenters. The number of ether oxygens (including phenoxy) is 4. The second-order valence-electron chi connectivity index (χ2n) is 4.69. The van der Waals surface area contributed by atoms with Crippen molar-refractivity contribution in [2.75, 3.05) is 20.8 Å². The molecule has 0 aliphatic rings. The van der Waals surface area contributed by atoms with Crippen LogP contribution >= 0.6 is 0 Å². The van der Waals surface area contributed by atoms with Gasteiger partial charge >= 0.3 is 5.97 Å². The zero-order valence-electron chi connectivity index (χ0n) is 13.5. The van der Waals surface area contributed by atoms with Crippen molar-refractivity contribution in [3.05, 3.63) is 47.4 Å². The summed E-state index contributed by atoms with van der Waals surface area (Å²) >= 11 is 0. The Bertz CT molecular complexity index is 646. The zero-order valence-corrected chi connectivity index (χ0v) is 13.5. The number of benzene rings is 1. The molecule has 0 saturated heterocycles. The molecule has 0 spiro atoms. The Morgan fingerprint density at radius 1 is 1.09 bits per heavy atom. The zero-order chi connectivity index (χ0) is 16.7. The second-order valence-corrected chi connectivity index (χ2v) is 4.69. The third-order valence-electron chi connectivity index (χ3n) is 3.05. The summed E-state index contributed by atoms with van der Waals surface area (Å²) in [6.45, 7) is 2.87. The number of methoxy groups -OCH3 is 2. The number of esters is 1. The smallest absolute Gasteiger partial charge is 0.374 e. The van der Waals surface area contributed by atoms with Crippen molar-refractivity contribution in [1.82, 2.24) is 0 Å². The van der Waals surface area contributed by atoms with Gasteiger partial charge in [-0.15, -0.1) is 0 Å². The van der Waals surface area contributed by atoms with Crippen LogP contribution in [0.15, 0.2) is 34.7 Å². The lowest BCUT2D eigenvalue weighted by molar-refractivity contribution is 0.0429. The SMILES string of the molecule is CCOc1ccc(COC(=O)c2ccc(COC)o2)cc1OC. The molecule has 0 fully saturated rings. The van der Waals surface area contributed by atoms with Gasteiger partial charge < -0.3 is 23.4 Å². The van der Waals surface area contributed by atoms with E-state index in [1.807, 2.05) is 13.0 Å². The van der Waals surface area contributed by atoms with Gasteiger partial charge in [-0.05, 0) is 36.8 Å². The molecule has 6 nitrogen and oxygen atoms in total. The topological polar surface area (TPSA) is 67.1 Å². The average molecular weight is 320 g/mol. The maximum atomic E-state index is 11.9. The Hall–Kier alpha value is -2.47. The fourth-order valence-electron chi connectivity index (χ4n) is 2.00. The van der Waals surface area contributed by atoms with Gasteiger partial charge in [-0.2, -0.15) is 0 Å². The first-order valence-corrected chi connectivity index (χ1v) is 7.22. The number of rotatable bonds is 8. The van der Waals surface area contributed by atoms with Crippen molar-refractivity contribution < 1.29 is 28.2 Å². The van der Waals surface area contributed by atoms with Gasteiger partial charge in [-0.3, -0.25) is 0 Å². The third-order valence-corrected chi connectivity index (χ3v) is 3.05. The summed E-state index contributed by atoms with van der Waals surface area (Å²) in [7, 11) is 3.12. The summed E-state index contributed by atoms with van der Waals surface area (Å²) < 4.78 is 26.2. The summed E-state index contributed by atoms with van der Waals surface area (Å²) in [4.78, 5) is 11.9. The number of furan rings is 1. The van der Waals surface area contributed by atoms with E-state index in [4.69, 9.17) is 23.4 Å². The monoisotopic (exact) mass is 320 g/mol. The highest BCUT2D eigenvalue weighted by atomic mass is 16.5. The minimum absolute atomic E-state index is 0.113. The minimum atomic E-state index is -0.528. The van der Waals surface area contributed by atoms with Crippen LogP contribution in [0.2, 0.25) is 0 Å². The maximum Gasteiger partial charge on any atom is 0.374 e. The fourth-order valence-corrected chi connectivity index (χ4v) is 2.00. The van der Waals surface area contributed by atoms with Gasteiger partial charge in [0.15, 0.2) is 11.5 Å². The van der Waals surface area contributed by atoms with Crippen LogP contribution in [0.1, 0.15) is 28.8 Å². The van der Waals surface area contributed by atoms with Crippen molar-refractivity contribution in [3.63, 3.8) is 0 Å². The molecule has 1 aromatic carbocycles. The van der Waals surface area contributed by atoms with Crippen molar-refractivity contribution >= 4 is 5.97 Å². The molecule has 0 aliphatic carbocycles. The van der Waals surface area contributed by atoms with Gasteiger partial charge in [0.05, 0.1) is 13.7 Å². The second kappa shape index (κ2) is 8.24. The van der Waals surface area contributed by atoms with Crippen LogP contribution in [-0.2, 0) is 22.7 Å². The van der Waals surface area contributed by atoms with Crippen molar-refractivity contribution in [2.45, 2.75) is 20.1 Å². The van der Waals surface area contributed by atoms with Gasteiger partial charge in [0.2, 0.25) is 5.76 Å². The molecule has 1 heterocycles. The largest absolute Gasteiger partial charge is 0.493 e. The van der Waals surface area contributed by atoms with E-state index in [9.17, 15) is 4.79 Å². The molecular weight excluding hydrogens is 300 g/mol. The van der Waals surface area contributed by atoms with E-state index >= 15 is 0 Å². The van der Waals surface area contributed by atoms with E-state index < -0.39 is 5.97 Å². The van der Waals surface area contributed by atoms with Crippen LogP contribution in [0.3, 0.4) is 0 Å². The molecule has 2 rings (SSSR count). The van der Waals surface area contributed by atoms with Gasteiger partial charge in [-0.1, -0.05) is 6.07 Å². The van der Waals surface area contributed by atoms with Crippen LogP contribution in [0, 0.1) is 0 Å². The predicted octanol–water partition coefficient (Wildman–Crippen LogP) is 3.19. The lowest BCUT2D eigenvalue weighted by atomic mass is 10.2. The summed E-state index contributed by atoms with van der Waals surface area (Å²) in [5.74, 6) is 1.44. The van der Waals surface area contributed by atoms with E-state index in [1.165, 1.54) is 0 Å². The molecule has 0 bridgehead atoms. The van der Waals surface area contributed by atoms with Gasteiger partial charge in [0, 0.05) is 7.11 Å². The van der Waals surface area contributed by atoms with E-state index in [2.05, 4.69) is 0 Å². The van der Waals surface area contributed by atoms with E-state index in [-0.39, 0.29) is 12.4 Å². The fraction of sp³-hybridized carbons (Fsp3) is 0.353. The minimum Gasteiger partial charge on any atom is -0.493 e. The molecule has 0 unspecified atom stereocenters. The predicted molar refractivity (Wildman–Crippen MR) is 82.7 cm³/mol. The Morgan fingerprint density at radius 2 is 1.91 bits per heavy atom. The Kier molecular flexibility index (Phi) is 6.05. The van der Waals surface area contributed by atoms with Gasteiger partial charge in [-0.25, -0.2) is 4.79 Å². The molecule has 0 N–H and O–H groups in total. The van der Waals surface area contributed by atoms with E-state index in [1.54, 1.807) is 38.5 Å².